The maximum atomic E-state index is 13.1. The van der Waals surface area contributed by atoms with E-state index in [2.05, 4.69) is 9.97 Å². The van der Waals surface area contributed by atoms with Gasteiger partial charge in [0.25, 0.3) is 5.97 Å². The van der Waals surface area contributed by atoms with Crippen molar-refractivity contribution in [3.63, 3.8) is 0 Å². The number of nitrogens with two attached hydrogens (primary N) is 1. The molecular formula is C23H26N4O5S. The molecule has 1 aliphatic carbocycles. The summed E-state index contributed by atoms with van der Waals surface area (Å²) in [5, 5.41) is 0.317. The first-order chi connectivity index (χ1) is 16.0. The van der Waals surface area contributed by atoms with Gasteiger partial charge in [-0.25, -0.2) is 9.66 Å². The zero-order valence-electron chi connectivity index (χ0n) is 18.4. The Hall–Kier alpha value is -2.53. The first-order valence-corrected chi connectivity index (χ1v) is 12.4. The van der Waals surface area contributed by atoms with Crippen LogP contribution in [0.25, 0.3) is 11.0 Å². The minimum atomic E-state index is -1.46. The summed E-state index contributed by atoms with van der Waals surface area (Å²) < 4.78 is 38.6. The molecule has 1 saturated carbocycles. The molecule has 7 rings (SSSR count). The van der Waals surface area contributed by atoms with Crippen LogP contribution in [0.1, 0.15) is 24.1 Å². The van der Waals surface area contributed by atoms with Crippen LogP contribution in [0.2, 0.25) is 0 Å². The molecule has 10 heteroatoms. The molecule has 3 saturated heterocycles. The van der Waals surface area contributed by atoms with E-state index in [0.29, 0.717) is 54.5 Å². The lowest BCUT2D eigenvalue weighted by molar-refractivity contribution is -0.477. The highest BCUT2D eigenvalue weighted by Crippen LogP contribution is 2.50. The predicted molar refractivity (Wildman–Crippen MR) is 120 cm³/mol. The molecule has 174 valence electrons. The van der Waals surface area contributed by atoms with Crippen molar-refractivity contribution < 1.29 is 23.2 Å². The quantitative estimate of drug-likeness (QED) is 0.524. The minimum Gasteiger partial charge on any atom is -0.492 e. The van der Waals surface area contributed by atoms with Gasteiger partial charge in [-0.1, -0.05) is 12.1 Å². The fourth-order valence-electron chi connectivity index (χ4n) is 4.39. The molecule has 0 radical (unpaired) electrons. The molecule has 1 unspecified atom stereocenters. The molecule has 3 aromatic rings. The zero-order valence-corrected chi connectivity index (χ0v) is 19.2. The number of fused-ring (bicyclic) bond motifs is 4. The molecule has 33 heavy (non-hydrogen) atoms. The number of rotatable bonds is 7. The van der Waals surface area contributed by atoms with Crippen LogP contribution in [-0.2, 0) is 30.8 Å². The highest BCUT2D eigenvalue weighted by atomic mass is 32.2. The number of nitrogens with zero attached hydrogens (tertiary/aromatic N) is 3. The molecule has 0 spiro atoms. The summed E-state index contributed by atoms with van der Waals surface area (Å²) >= 11 is 0. The summed E-state index contributed by atoms with van der Waals surface area (Å²) in [4.78, 5) is 8.88. The van der Waals surface area contributed by atoms with E-state index in [1.807, 2.05) is 37.3 Å². The summed E-state index contributed by atoms with van der Waals surface area (Å²) in [5.41, 5.74) is 2.63. The van der Waals surface area contributed by atoms with E-state index >= 15 is 0 Å². The number of nitrogen functional groups attached to an aromatic ring is 1. The highest BCUT2D eigenvalue weighted by Gasteiger charge is 2.59. The molecule has 1 atom stereocenters. The Morgan fingerprint density at radius 3 is 2.61 bits per heavy atom. The van der Waals surface area contributed by atoms with E-state index in [0.717, 1.165) is 23.9 Å². The predicted octanol–water partition coefficient (Wildman–Crippen LogP) is 2.27. The lowest BCUT2D eigenvalue weighted by Gasteiger charge is -2.51. The van der Waals surface area contributed by atoms with Crippen molar-refractivity contribution in [1.82, 2.24) is 14.6 Å². The first-order valence-electron chi connectivity index (χ1n) is 11.1. The molecule has 2 bridgehead atoms. The van der Waals surface area contributed by atoms with Crippen LogP contribution in [0.3, 0.4) is 0 Å². The molecule has 4 aliphatic rings. The Balaban J connectivity index is 1.15. The van der Waals surface area contributed by atoms with E-state index in [1.165, 1.54) is 4.68 Å². The second kappa shape index (κ2) is 7.76. The van der Waals surface area contributed by atoms with Gasteiger partial charge in [0.15, 0.2) is 0 Å². The largest absolute Gasteiger partial charge is 0.492 e. The Morgan fingerprint density at radius 1 is 1.18 bits per heavy atom. The SMILES string of the molecule is Cc1c(OCC23COC(C4CC4)(OC2)OC3)ccnc1CS(=O)c1nc2ccccc2n1N. The lowest BCUT2D eigenvalue weighted by Crippen LogP contribution is -2.62. The maximum Gasteiger partial charge on any atom is 0.285 e. The molecule has 3 aliphatic heterocycles. The van der Waals surface area contributed by atoms with E-state index in [9.17, 15) is 4.21 Å². The summed E-state index contributed by atoms with van der Waals surface area (Å²) in [6, 6.07) is 9.26. The number of aromatic nitrogens is 3. The number of ether oxygens (including phenoxy) is 4. The van der Waals surface area contributed by atoms with Crippen LogP contribution in [0.4, 0.5) is 0 Å². The fourth-order valence-corrected chi connectivity index (χ4v) is 5.58. The molecule has 4 fully saturated rings. The molecule has 2 aromatic heterocycles. The first kappa shape index (κ1) is 21.0. The Labute approximate surface area is 193 Å². The smallest absolute Gasteiger partial charge is 0.285 e. The van der Waals surface area contributed by atoms with Gasteiger partial charge in [-0.05, 0) is 38.0 Å². The highest BCUT2D eigenvalue weighted by molar-refractivity contribution is 7.84. The Kier molecular flexibility index (Phi) is 4.95. The van der Waals surface area contributed by atoms with Gasteiger partial charge in [0.1, 0.15) is 12.4 Å². The Morgan fingerprint density at radius 2 is 1.91 bits per heavy atom. The number of para-hydroxylation sites is 2. The summed E-state index contributed by atoms with van der Waals surface area (Å²) in [5.74, 6) is 6.54. The fraction of sp³-hybridized carbons (Fsp3) is 0.478. The van der Waals surface area contributed by atoms with Crippen molar-refractivity contribution in [2.45, 2.75) is 36.6 Å². The van der Waals surface area contributed by atoms with Gasteiger partial charge >= 0.3 is 0 Å². The molecule has 1 aromatic carbocycles. The number of hydrogen-bond acceptors (Lipinski definition) is 8. The van der Waals surface area contributed by atoms with Crippen molar-refractivity contribution in [2.24, 2.45) is 11.3 Å². The third kappa shape index (κ3) is 3.61. The van der Waals surface area contributed by atoms with E-state index in [-0.39, 0.29) is 11.2 Å². The van der Waals surface area contributed by atoms with Crippen molar-refractivity contribution in [1.29, 1.82) is 0 Å². The Bertz CT molecular complexity index is 1220. The van der Waals surface area contributed by atoms with Crippen LogP contribution in [-0.4, -0.2) is 51.3 Å². The van der Waals surface area contributed by atoms with Crippen LogP contribution in [0.5, 0.6) is 5.75 Å². The minimum absolute atomic E-state index is 0.188. The van der Waals surface area contributed by atoms with Crippen molar-refractivity contribution in [3.8, 4) is 5.75 Å². The lowest BCUT2D eigenvalue weighted by atomic mass is 9.89. The average molecular weight is 471 g/mol. The standard InChI is InChI=1S/C23H26N4O5S/c1-15-18(10-33(28)21-26-17-4-2-3-5-19(17)27(21)24)25-9-8-20(15)29-11-22-12-30-23(31-13-22,32-14-22)16-6-7-16/h2-5,8-9,16H,6-7,10-14,24H2,1H3. The van der Waals surface area contributed by atoms with Crippen LogP contribution in [0, 0.1) is 18.3 Å². The van der Waals surface area contributed by atoms with E-state index < -0.39 is 16.8 Å². The number of imidazole rings is 1. The van der Waals surface area contributed by atoms with Crippen molar-refractivity contribution >= 4 is 21.8 Å². The van der Waals surface area contributed by atoms with Crippen LogP contribution >= 0.6 is 0 Å². The summed E-state index contributed by atoms with van der Waals surface area (Å²) in [7, 11) is -1.46. The average Bonchev–Trinajstić information content (AvgIpc) is 3.66. The van der Waals surface area contributed by atoms with Gasteiger partial charge in [0.2, 0.25) is 5.16 Å². The van der Waals surface area contributed by atoms with Crippen LogP contribution in [0.15, 0.2) is 41.7 Å². The summed E-state index contributed by atoms with van der Waals surface area (Å²) in [6.07, 6.45) is 3.84. The summed E-state index contributed by atoms with van der Waals surface area (Å²) in [6.45, 7) is 3.98. The monoisotopic (exact) mass is 470 g/mol. The van der Waals surface area contributed by atoms with Gasteiger partial charge in [0.05, 0.1) is 58.5 Å². The van der Waals surface area contributed by atoms with Gasteiger partial charge in [-0.3, -0.25) is 9.19 Å². The second-order valence-electron chi connectivity index (χ2n) is 9.16. The maximum absolute atomic E-state index is 13.1. The third-order valence-electron chi connectivity index (χ3n) is 6.64. The van der Waals surface area contributed by atoms with Gasteiger partial charge < -0.3 is 24.8 Å². The third-order valence-corrected chi connectivity index (χ3v) is 7.87. The van der Waals surface area contributed by atoms with E-state index in [4.69, 9.17) is 24.8 Å². The molecule has 5 heterocycles. The number of hydrogen-bond donors (Lipinski definition) is 1. The van der Waals surface area contributed by atoms with Crippen molar-refractivity contribution in [2.75, 3.05) is 32.3 Å². The topological polar surface area (TPSA) is 111 Å². The number of pyridine rings is 1. The van der Waals surface area contributed by atoms with Gasteiger partial charge in [0, 0.05) is 17.7 Å². The van der Waals surface area contributed by atoms with E-state index in [1.54, 1.807) is 6.20 Å². The second-order valence-corrected chi connectivity index (χ2v) is 10.5. The molecule has 9 nitrogen and oxygen atoms in total. The zero-order chi connectivity index (χ0) is 22.6. The van der Waals surface area contributed by atoms with Crippen molar-refractivity contribution in [3.05, 3.63) is 47.8 Å². The van der Waals surface area contributed by atoms with Gasteiger partial charge in [-0.15, -0.1) is 0 Å². The van der Waals surface area contributed by atoms with Crippen LogP contribution < -0.4 is 10.6 Å². The molecule has 2 N–H and O–H groups in total. The molecular weight excluding hydrogens is 444 g/mol. The molecule has 0 amide bonds. The van der Waals surface area contributed by atoms with Gasteiger partial charge in [-0.2, -0.15) is 0 Å². The normalized spacial score (nSPS) is 27.7. The number of benzene rings is 1.